The molecule has 0 unspecified atom stereocenters. The van der Waals surface area contributed by atoms with Crippen LogP contribution in [0, 0.1) is 11.8 Å². The predicted molar refractivity (Wildman–Crippen MR) is 116 cm³/mol. The summed E-state index contributed by atoms with van der Waals surface area (Å²) in [5.41, 5.74) is 1.44. The maximum absolute atomic E-state index is 12.4. The second-order valence-corrected chi connectivity index (χ2v) is 10.6. The monoisotopic (exact) mass is 421 g/mol. The number of rotatable bonds is 8. The lowest BCUT2D eigenvalue weighted by Crippen LogP contribution is -2.45. The van der Waals surface area contributed by atoms with E-state index in [9.17, 15) is 13.2 Å². The molecular formula is C22H35N3O3S. The first-order valence-corrected chi connectivity index (χ1v) is 12.8. The van der Waals surface area contributed by atoms with Crippen LogP contribution in [0.15, 0.2) is 30.3 Å². The molecule has 1 aromatic rings. The minimum absolute atomic E-state index is 0.0000747. The molecule has 7 heteroatoms. The number of nitrogens with one attached hydrogen (secondary N) is 1. The maximum atomic E-state index is 12.4. The van der Waals surface area contributed by atoms with Gasteiger partial charge in [0.25, 0.3) is 0 Å². The van der Waals surface area contributed by atoms with Crippen molar-refractivity contribution in [1.82, 2.24) is 14.5 Å². The van der Waals surface area contributed by atoms with Gasteiger partial charge in [-0.05, 0) is 69.6 Å². The highest BCUT2D eigenvalue weighted by Gasteiger charge is 2.30. The van der Waals surface area contributed by atoms with Gasteiger partial charge in [0.2, 0.25) is 15.9 Å². The normalized spacial score (nSPS) is 22.4. The number of hydrogen-bond donors (Lipinski definition) is 1. The highest BCUT2D eigenvalue weighted by Crippen LogP contribution is 2.22. The van der Waals surface area contributed by atoms with Crippen molar-refractivity contribution in [3.8, 4) is 0 Å². The molecule has 2 heterocycles. The Morgan fingerprint density at radius 3 is 2.52 bits per heavy atom. The van der Waals surface area contributed by atoms with E-state index in [1.165, 1.54) is 35.4 Å². The van der Waals surface area contributed by atoms with Crippen LogP contribution in [-0.2, 0) is 21.2 Å². The molecule has 162 valence electrons. The third kappa shape index (κ3) is 7.08. The maximum Gasteiger partial charge on any atom is 0.224 e. The molecule has 2 aliphatic heterocycles. The Kier molecular flexibility index (Phi) is 8.09. The lowest BCUT2D eigenvalue weighted by atomic mass is 9.90. The van der Waals surface area contributed by atoms with Crippen LogP contribution in [0.25, 0.3) is 0 Å². The van der Waals surface area contributed by atoms with E-state index in [1.54, 1.807) is 0 Å². The third-order valence-corrected chi connectivity index (χ3v) is 7.52. The number of nitrogens with zero attached hydrogens (tertiary/aromatic N) is 2. The first-order valence-electron chi connectivity index (χ1n) is 10.9. The van der Waals surface area contributed by atoms with Crippen molar-refractivity contribution in [2.24, 2.45) is 11.8 Å². The minimum Gasteiger partial charge on any atom is -0.356 e. The van der Waals surface area contributed by atoms with E-state index in [0.717, 1.165) is 44.8 Å². The number of benzene rings is 1. The molecule has 0 aliphatic carbocycles. The molecule has 0 saturated carbocycles. The summed E-state index contributed by atoms with van der Waals surface area (Å²) in [5, 5.41) is 3.02. The Hall–Kier alpha value is -1.44. The second-order valence-electron chi connectivity index (χ2n) is 8.58. The molecule has 29 heavy (non-hydrogen) atoms. The number of sulfonamides is 1. The van der Waals surface area contributed by atoms with Gasteiger partial charge in [0.05, 0.1) is 12.2 Å². The van der Waals surface area contributed by atoms with Gasteiger partial charge in [-0.2, -0.15) is 0 Å². The number of likely N-dealkylation sites (tertiary alicyclic amines) is 1. The van der Waals surface area contributed by atoms with Crippen molar-refractivity contribution >= 4 is 15.9 Å². The van der Waals surface area contributed by atoms with Crippen LogP contribution >= 0.6 is 0 Å². The fourth-order valence-electron chi connectivity index (χ4n) is 4.48. The number of amides is 1. The van der Waals surface area contributed by atoms with Gasteiger partial charge in [0.1, 0.15) is 0 Å². The topological polar surface area (TPSA) is 69.7 Å². The third-order valence-electron chi connectivity index (χ3n) is 6.25. The zero-order chi connectivity index (χ0) is 20.7. The van der Waals surface area contributed by atoms with Gasteiger partial charge in [-0.3, -0.25) is 4.79 Å². The predicted octanol–water partition coefficient (Wildman–Crippen LogP) is 2.12. The number of piperidine rings is 2. The van der Waals surface area contributed by atoms with Crippen LogP contribution in [0.1, 0.15) is 37.7 Å². The lowest BCUT2D eigenvalue weighted by molar-refractivity contribution is -0.126. The summed E-state index contributed by atoms with van der Waals surface area (Å²) in [6.07, 6.45) is 7.34. The first kappa shape index (κ1) is 22.2. The van der Waals surface area contributed by atoms with Crippen LogP contribution in [0.5, 0.6) is 0 Å². The summed E-state index contributed by atoms with van der Waals surface area (Å²) in [4.78, 5) is 14.9. The summed E-state index contributed by atoms with van der Waals surface area (Å²) in [7, 11) is -3.21. The number of carbonyl (C=O) groups is 1. The average molecular weight is 422 g/mol. The van der Waals surface area contributed by atoms with Gasteiger partial charge in [-0.25, -0.2) is 12.7 Å². The van der Waals surface area contributed by atoms with E-state index in [2.05, 4.69) is 40.5 Å². The Bertz CT molecular complexity index is 746. The molecular weight excluding hydrogens is 386 g/mol. The van der Waals surface area contributed by atoms with Gasteiger partial charge < -0.3 is 10.2 Å². The van der Waals surface area contributed by atoms with Gasteiger partial charge in [0, 0.05) is 19.6 Å². The van der Waals surface area contributed by atoms with Gasteiger partial charge >= 0.3 is 0 Å². The van der Waals surface area contributed by atoms with E-state index >= 15 is 0 Å². The van der Waals surface area contributed by atoms with Crippen LogP contribution in [0.3, 0.4) is 0 Å². The molecule has 1 N–H and O–H groups in total. The first-order chi connectivity index (χ1) is 13.9. The van der Waals surface area contributed by atoms with Crippen LogP contribution in [0.2, 0.25) is 0 Å². The van der Waals surface area contributed by atoms with E-state index in [-0.39, 0.29) is 11.8 Å². The van der Waals surface area contributed by atoms with E-state index in [1.807, 2.05) is 0 Å². The Morgan fingerprint density at radius 2 is 1.83 bits per heavy atom. The zero-order valence-electron chi connectivity index (χ0n) is 17.6. The molecule has 0 spiro atoms. The number of carbonyl (C=O) groups excluding carboxylic acids is 1. The van der Waals surface area contributed by atoms with Crippen molar-refractivity contribution in [2.75, 3.05) is 45.5 Å². The van der Waals surface area contributed by atoms with Crippen molar-refractivity contribution in [2.45, 2.75) is 38.5 Å². The highest BCUT2D eigenvalue weighted by atomic mass is 32.2. The van der Waals surface area contributed by atoms with Crippen molar-refractivity contribution in [1.29, 1.82) is 0 Å². The van der Waals surface area contributed by atoms with Gasteiger partial charge in [0.15, 0.2) is 0 Å². The Balaban J connectivity index is 1.29. The molecule has 0 radical (unpaired) electrons. The molecule has 0 aromatic heterocycles. The molecule has 2 saturated heterocycles. The quantitative estimate of drug-likeness (QED) is 0.653. The summed E-state index contributed by atoms with van der Waals surface area (Å²) < 4.78 is 24.8. The standard InChI is InChI=1S/C22H35N3O3S/c1-29(27,28)25-14-5-9-21(18-25)22(26)23-12-6-13-24-15-10-20(11-16-24)17-19-7-3-2-4-8-19/h2-4,7-8,20-21H,5-6,9-18H2,1H3,(H,23,26)/t21-/m0/s1. The average Bonchev–Trinajstić information content (AvgIpc) is 2.72. The Labute approximate surface area is 175 Å². The van der Waals surface area contributed by atoms with Crippen molar-refractivity contribution in [3.63, 3.8) is 0 Å². The lowest BCUT2D eigenvalue weighted by Gasteiger charge is -2.32. The van der Waals surface area contributed by atoms with Crippen LogP contribution < -0.4 is 5.32 Å². The van der Waals surface area contributed by atoms with Gasteiger partial charge in [-0.1, -0.05) is 30.3 Å². The SMILES string of the molecule is CS(=O)(=O)N1CCC[C@H](C(=O)NCCCN2CCC(Cc3ccccc3)CC2)C1. The summed E-state index contributed by atoms with van der Waals surface area (Å²) in [5.74, 6) is 0.560. The fourth-order valence-corrected chi connectivity index (χ4v) is 5.39. The van der Waals surface area contributed by atoms with Gasteiger partial charge in [-0.15, -0.1) is 0 Å². The molecule has 1 atom stereocenters. The molecule has 1 aromatic carbocycles. The largest absolute Gasteiger partial charge is 0.356 e. The van der Waals surface area contributed by atoms with E-state index < -0.39 is 10.0 Å². The molecule has 2 fully saturated rings. The second kappa shape index (κ2) is 10.5. The number of hydrogen-bond acceptors (Lipinski definition) is 4. The van der Waals surface area contributed by atoms with E-state index in [0.29, 0.717) is 19.6 Å². The van der Waals surface area contributed by atoms with Crippen molar-refractivity contribution < 1.29 is 13.2 Å². The van der Waals surface area contributed by atoms with Crippen molar-refractivity contribution in [3.05, 3.63) is 35.9 Å². The summed E-state index contributed by atoms with van der Waals surface area (Å²) in [6, 6.07) is 10.7. The van der Waals surface area contributed by atoms with Crippen LogP contribution in [0.4, 0.5) is 0 Å². The fraction of sp³-hybridized carbons (Fsp3) is 0.682. The highest BCUT2D eigenvalue weighted by molar-refractivity contribution is 7.88. The summed E-state index contributed by atoms with van der Waals surface area (Å²) >= 11 is 0. The molecule has 6 nitrogen and oxygen atoms in total. The van der Waals surface area contributed by atoms with Crippen LogP contribution in [-0.4, -0.2) is 69.1 Å². The Morgan fingerprint density at radius 1 is 1.10 bits per heavy atom. The molecule has 1 amide bonds. The molecule has 0 bridgehead atoms. The minimum atomic E-state index is -3.21. The smallest absolute Gasteiger partial charge is 0.224 e. The molecule has 2 aliphatic rings. The summed E-state index contributed by atoms with van der Waals surface area (Å²) in [6.45, 7) is 4.80. The van der Waals surface area contributed by atoms with E-state index in [4.69, 9.17) is 0 Å². The zero-order valence-corrected chi connectivity index (χ0v) is 18.4. The molecule has 3 rings (SSSR count).